The van der Waals surface area contributed by atoms with E-state index in [1.54, 1.807) is 6.08 Å². The Morgan fingerprint density at radius 1 is 1.12 bits per heavy atom. The van der Waals surface area contributed by atoms with Gasteiger partial charge in [0.2, 0.25) is 0 Å². The summed E-state index contributed by atoms with van der Waals surface area (Å²) in [6, 6.07) is 8.91. The van der Waals surface area contributed by atoms with Crippen LogP contribution in [0.1, 0.15) is 37.2 Å². The van der Waals surface area contributed by atoms with Crippen LogP contribution in [0.4, 0.5) is 4.39 Å². The summed E-state index contributed by atoms with van der Waals surface area (Å²) < 4.78 is 12.8. The minimum absolute atomic E-state index is 0.167. The van der Waals surface area contributed by atoms with Crippen LogP contribution in [-0.2, 0) is 0 Å². The lowest BCUT2D eigenvalue weighted by atomic mass is 9.78. The molecule has 0 bridgehead atoms. The van der Waals surface area contributed by atoms with E-state index < -0.39 is 0 Å². The molecule has 1 aliphatic rings. The zero-order chi connectivity index (χ0) is 12.1. The fourth-order valence-electron chi connectivity index (χ4n) is 2.56. The Bertz CT molecular complexity index is 419. The van der Waals surface area contributed by atoms with Gasteiger partial charge in [0, 0.05) is 6.08 Å². The first-order valence-electron chi connectivity index (χ1n) is 6.11. The number of hydrogen-bond acceptors (Lipinski definition) is 1. The highest BCUT2D eigenvalue weighted by atomic mass is 19.1. The van der Waals surface area contributed by atoms with Crippen LogP contribution in [0.5, 0.6) is 0 Å². The molecule has 0 amide bonds. The van der Waals surface area contributed by atoms with Gasteiger partial charge in [-0.2, -0.15) is 5.26 Å². The van der Waals surface area contributed by atoms with Gasteiger partial charge in [-0.25, -0.2) is 4.39 Å². The van der Waals surface area contributed by atoms with Crippen LogP contribution in [0.25, 0.3) is 0 Å². The third kappa shape index (κ3) is 3.17. The van der Waals surface area contributed by atoms with Gasteiger partial charge in [0.05, 0.1) is 6.07 Å². The average Bonchev–Trinajstić information content (AvgIpc) is 2.38. The van der Waals surface area contributed by atoms with E-state index in [-0.39, 0.29) is 5.82 Å². The van der Waals surface area contributed by atoms with Gasteiger partial charge in [0.25, 0.3) is 0 Å². The van der Waals surface area contributed by atoms with Crippen molar-refractivity contribution in [2.24, 2.45) is 5.92 Å². The summed E-state index contributed by atoms with van der Waals surface area (Å²) in [4.78, 5) is 0. The Kier molecular flexibility index (Phi) is 3.93. The van der Waals surface area contributed by atoms with Crippen molar-refractivity contribution in [1.29, 1.82) is 5.26 Å². The molecule has 0 N–H and O–H groups in total. The second kappa shape index (κ2) is 5.63. The van der Waals surface area contributed by atoms with Gasteiger partial charge >= 0.3 is 0 Å². The highest BCUT2D eigenvalue weighted by molar-refractivity contribution is 5.21. The molecule has 0 atom stereocenters. The monoisotopic (exact) mass is 229 g/mol. The fourth-order valence-corrected chi connectivity index (χ4v) is 2.56. The zero-order valence-corrected chi connectivity index (χ0v) is 9.77. The molecule has 0 spiro atoms. The Morgan fingerprint density at radius 3 is 2.35 bits per heavy atom. The molecule has 1 nitrogen and oxygen atoms in total. The largest absolute Gasteiger partial charge is 0.207 e. The summed E-state index contributed by atoms with van der Waals surface area (Å²) in [5.41, 5.74) is 1.24. The van der Waals surface area contributed by atoms with Crippen molar-refractivity contribution in [3.63, 3.8) is 0 Å². The van der Waals surface area contributed by atoms with Gasteiger partial charge < -0.3 is 0 Å². The Labute approximate surface area is 102 Å². The first-order valence-corrected chi connectivity index (χ1v) is 6.11. The van der Waals surface area contributed by atoms with E-state index >= 15 is 0 Å². The molecule has 1 aromatic rings. The lowest BCUT2D eigenvalue weighted by Gasteiger charge is -2.26. The molecular weight excluding hydrogens is 213 g/mol. The fraction of sp³-hybridized carbons (Fsp3) is 0.400. The minimum atomic E-state index is -0.167. The van der Waals surface area contributed by atoms with Crippen LogP contribution in [-0.4, -0.2) is 0 Å². The molecule has 88 valence electrons. The van der Waals surface area contributed by atoms with Crippen molar-refractivity contribution in [1.82, 2.24) is 0 Å². The lowest BCUT2D eigenvalue weighted by Crippen LogP contribution is -2.11. The Hall–Kier alpha value is -1.62. The summed E-state index contributed by atoms with van der Waals surface area (Å²) >= 11 is 0. The van der Waals surface area contributed by atoms with E-state index in [1.807, 2.05) is 24.3 Å². The number of hydrogen-bond donors (Lipinski definition) is 0. The van der Waals surface area contributed by atoms with Crippen molar-refractivity contribution in [2.75, 3.05) is 0 Å². The second-order valence-corrected chi connectivity index (χ2v) is 4.65. The highest BCUT2D eigenvalue weighted by Crippen LogP contribution is 2.36. The van der Waals surface area contributed by atoms with Gasteiger partial charge in [0.15, 0.2) is 0 Å². The van der Waals surface area contributed by atoms with Crippen LogP contribution in [0, 0.1) is 23.1 Å². The summed E-state index contributed by atoms with van der Waals surface area (Å²) in [6.45, 7) is 0. The molecule has 2 heteroatoms. The van der Waals surface area contributed by atoms with Crippen LogP contribution >= 0.6 is 0 Å². The first kappa shape index (κ1) is 11.9. The average molecular weight is 229 g/mol. The predicted molar refractivity (Wildman–Crippen MR) is 65.9 cm³/mol. The molecule has 0 aliphatic heterocycles. The lowest BCUT2D eigenvalue weighted by molar-refractivity contribution is 0.376. The predicted octanol–water partition coefficient (Wildman–Crippen LogP) is 4.18. The Morgan fingerprint density at radius 2 is 1.76 bits per heavy atom. The molecule has 17 heavy (non-hydrogen) atoms. The number of rotatable bonds is 2. The third-order valence-electron chi connectivity index (χ3n) is 3.56. The zero-order valence-electron chi connectivity index (χ0n) is 9.77. The number of benzene rings is 1. The number of nitrogens with zero attached hydrogens (tertiary/aromatic N) is 1. The van der Waals surface area contributed by atoms with Gasteiger partial charge in [-0.3, -0.25) is 0 Å². The maximum absolute atomic E-state index is 12.8. The molecule has 0 heterocycles. The SMILES string of the molecule is N#CC=CC1CCC(c2ccc(F)cc2)CC1. The van der Waals surface area contributed by atoms with Crippen LogP contribution in [0.3, 0.4) is 0 Å². The topological polar surface area (TPSA) is 23.8 Å². The van der Waals surface area contributed by atoms with Gasteiger partial charge in [-0.05, 0) is 55.2 Å². The van der Waals surface area contributed by atoms with Crippen LogP contribution in [0.2, 0.25) is 0 Å². The Balaban J connectivity index is 1.93. The molecular formula is C15H16FN. The quantitative estimate of drug-likeness (QED) is 0.698. The van der Waals surface area contributed by atoms with Crippen LogP contribution < -0.4 is 0 Å². The van der Waals surface area contributed by atoms with Crippen molar-refractivity contribution in [3.8, 4) is 6.07 Å². The molecule has 0 aromatic heterocycles. The van der Waals surface area contributed by atoms with E-state index in [0.717, 1.165) is 25.7 Å². The van der Waals surface area contributed by atoms with Crippen molar-refractivity contribution in [2.45, 2.75) is 31.6 Å². The van der Waals surface area contributed by atoms with E-state index in [2.05, 4.69) is 0 Å². The van der Waals surface area contributed by atoms with E-state index in [1.165, 1.54) is 17.7 Å². The minimum Gasteiger partial charge on any atom is -0.207 e. The standard InChI is InChI=1S/C15H16FN/c16-15-9-7-14(8-10-15)13-5-3-12(4-6-13)2-1-11-17/h1-2,7-10,12-13H,3-6H2. The van der Waals surface area contributed by atoms with Crippen molar-refractivity contribution >= 4 is 0 Å². The first-order chi connectivity index (χ1) is 8.29. The maximum atomic E-state index is 12.8. The molecule has 0 unspecified atom stereocenters. The molecule has 1 fully saturated rings. The van der Waals surface area contributed by atoms with E-state index in [9.17, 15) is 4.39 Å². The molecule has 1 aliphatic carbocycles. The van der Waals surface area contributed by atoms with Gasteiger partial charge in [0.1, 0.15) is 5.82 Å². The molecule has 2 rings (SSSR count). The number of halogens is 1. The second-order valence-electron chi connectivity index (χ2n) is 4.65. The van der Waals surface area contributed by atoms with Crippen LogP contribution in [0.15, 0.2) is 36.4 Å². The highest BCUT2D eigenvalue weighted by Gasteiger charge is 2.20. The summed E-state index contributed by atoms with van der Waals surface area (Å²) in [7, 11) is 0. The smallest absolute Gasteiger partial charge is 0.123 e. The number of allylic oxidation sites excluding steroid dienone is 2. The maximum Gasteiger partial charge on any atom is 0.123 e. The molecule has 0 radical (unpaired) electrons. The third-order valence-corrected chi connectivity index (χ3v) is 3.56. The summed E-state index contributed by atoms with van der Waals surface area (Å²) in [6.07, 6.45) is 8.11. The van der Waals surface area contributed by atoms with Crippen molar-refractivity contribution in [3.05, 3.63) is 47.8 Å². The van der Waals surface area contributed by atoms with E-state index in [4.69, 9.17) is 5.26 Å². The number of nitriles is 1. The van der Waals surface area contributed by atoms with Gasteiger partial charge in [-0.15, -0.1) is 0 Å². The normalized spacial score (nSPS) is 24.7. The molecule has 1 saturated carbocycles. The van der Waals surface area contributed by atoms with Crippen molar-refractivity contribution < 1.29 is 4.39 Å². The van der Waals surface area contributed by atoms with E-state index in [0.29, 0.717) is 11.8 Å². The summed E-state index contributed by atoms with van der Waals surface area (Å²) in [5, 5.41) is 8.48. The molecule has 0 saturated heterocycles. The molecule has 1 aromatic carbocycles. The van der Waals surface area contributed by atoms with Gasteiger partial charge in [-0.1, -0.05) is 18.2 Å². The summed E-state index contributed by atoms with van der Waals surface area (Å²) in [5.74, 6) is 0.938.